The van der Waals surface area contributed by atoms with Gasteiger partial charge in [-0.15, -0.1) is 0 Å². The maximum absolute atomic E-state index is 12.3. The van der Waals surface area contributed by atoms with E-state index in [0.29, 0.717) is 5.56 Å². The lowest BCUT2D eigenvalue weighted by Crippen LogP contribution is -2.18. The van der Waals surface area contributed by atoms with Crippen molar-refractivity contribution in [3.8, 4) is 0 Å². The Bertz CT molecular complexity index is 633. The monoisotopic (exact) mass is 392 g/mol. The normalized spacial score (nSPS) is 14.2. The van der Waals surface area contributed by atoms with Crippen molar-refractivity contribution >= 4 is 39.9 Å². The van der Waals surface area contributed by atoms with Crippen molar-refractivity contribution in [3.05, 3.63) is 57.7 Å². The minimum atomic E-state index is -0.0629. The second-order valence-electron chi connectivity index (χ2n) is 5.17. The lowest BCUT2D eigenvalue weighted by molar-refractivity contribution is 0.102. The van der Waals surface area contributed by atoms with Crippen LogP contribution in [0, 0.1) is 3.57 Å². The predicted octanol–water partition coefficient (Wildman–Crippen LogP) is 4.14. The van der Waals surface area contributed by atoms with Crippen LogP contribution in [0.1, 0.15) is 23.2 Å². The summed E-state index contributed by atoms with van der Waals surface area (Å²) in [6, 6.07) is 15.7. The first kappa shape index (κ1) is 14.4. The number of nitrogens with zero attached hydrogens (tertiary/aromatic N) is 1. The van der Waals surface area contributed by atoms with Gasteiger partial charge >= 0.3 is 0 Å². The first-order valence-corrected chi connectivity index (χ1v) is 8.23. The first-order valence-electron chi connectivity index (χ1n) is 7.15. The zero-order valence-corrected chi connectivity index (χ0v) is 13.8. The Morgan fingerprint density at radius 1 is 1.00 bits per heavy atom. The lowest BCUT2D eigenvalue weighted by Gasteiger charge is -2.17. The van der Waals surface area contributed by atoms with Crippen molar-refractivity contribution in [2.24, 2.45) is 0 Å². The van der Waals surface area contributed by atoms with Crippen LogP contribution in [0.4, 0.5) is 11.4 Å². The molecule has 0 saturated carbocycles. The Morgan fingerprint density at radius 2 is 1.67 bits per heavy atom. The third-order valence-electron chi connectivity index (χ3n) is 3.72. The van der Waals surface area contributed by atoms with Crippen LogP contribution < -0.4 is 10.2 Å². The first-order chi connectivity index (χ1) is 10.2. The molecule has 1 saturated heterocycles. The molecule has 4 heteroatoms. The largest absolute Gasteiger partial charge is 0.372 e. The quantitative estimate of drug-likeness (QED) is 0.797. The van der Waals surface area contributed by atoms with E-state index in [-0.39, 0.29) is 5.91 Å². The molecule has 0 spiro atoms. The Morgan fingerprint density at radius 3 is 2.33 bits per heavy atom. The molecule has 2 aromatic rings. The van der Waals surface area contributed by atoms with Gasteiger partial charge in [0.25, 0.3) is 5.91 Å². The van der Waals surface area contributed by atoms with Gasteiger partial charge in [0.1, 0.15) is 0 Å². The van der Waals surface area contributed by atoms with Crippen molar-refractivity contribution in [2.45, 2.75) is 12.8 Å². The van der Waals surface area contributed by atoms with E-state index in [9.17, 15) is 4.79 Å². The van der Waals surface area contributed by atoms with Crippen LogP contribution in [0.3, 0.4) is 0 Å². The fourth-order valence-corrected chi connectivity index (χ4v) is 3.08. The van der Waals surface area contributed by atoms with Crippen molar-refractivity contribution in [1.29, 1.82) is 0 Å². The summed E-state index contributed by atoms with van der Waals surface area (Å²) in [5.41, 5.74) is 2.75. The fraction of sp³-hybridized carbons (Fsp3) is 0.235. The van der Waals surface area contributed by atoms with Crippen LogP contribution in [0.15, 0.2) is 48.5 Å². The molecule has 1 aliphatic heterocycles. The molecule has 21 heavy (non-hydrogen) atoms. The standard InChI is InChI=1S/C17H17IN2O/c18-15-5-1-2-6-16(15)19-17(21)13-7-9-14(10-8-13)20-11-3-4-12-20/h1-2,5-10H,3-4,11-12H2,(H,19,21). The zero-order chi connectivity index (χ0) is 14.7. The third kappa shape index (κ3) is 3.37. The molecule has 2 aromatic carbocycles. The number of para-hydroxylation sites is 1. The third-order valence-corrected chi connectivity index (χ3v) is 4.66. The van der Waals surface area contributed by atoms with Crippen LogP contribution in [0.25, 0.3) is 0 Å². The molecule has 1 N–H and O–H groups in total. The number of carbonyl (C=O) groups is 1. The molecule has 1 fully saturated rings. The summed E-state index contributed by atoms with van der Waals surface area (Å²) in [4.78, 5) is 14.6. The number of amides is 1. The predicted molar refractivity (Wildman–Crippen MR) is 95.0 cm³/mol. The summed E-state index contributed by atoms with van der Waals surface area (Å²) >= 11 is 2.22. The van der Waals surface area contributed by atoms with Crippen LogP contribution in [0.5, 0.6) is 0 Å². The van der Waals surface area contributed by atoms with Crippen LogP contribution in [-0.4, -0.2) is 19.0 Å². The van der Waals surface area contributed by atoms with Crippen molar-refractivity contribution in [2.75, 3.05) is 23.3 Å². The van der Waals surface area contributed by atoms with Gasteiger partial charge in [-0.3, -0.25) is 4.79 Å². The summed E-state index contributed by atoms with van der Waals surface area (Å²) in [6.07, 6.45) is 2.52. The number of rotatable bonds is 3. The highest BCUT2D eigenvalue weighted by atomic mass is 127. The number of halogens is 1. The smallest absolute Gasteiger partial charge is 0.255 e. The van der Waals surface area contributed by atoms with E-state index in [1.54, 1.807) is 0 Å². The molecular weight excluding hydrogens is 375 g/mol. The van der Waals surface area contributed by atoms with Gasteiger partial charge < -0.3 is 10.2 Å². The van der Waals surface area contributed by atoms with E-state index in [1.807, 2.05) is 48.5 Å². The molecule has 1 heterocycles. The maximum atomic E-state index is 12.3. The number of nitrogens with one attached hydrogen (secondary N) is 1. The highest BCUT2D eigenvalue weighted by Gasteiger charge is 2.13. The Balaban J connectivity index is 1.71. The molecule has 0 bridgehead atoms. The van der Waals surface area contributed by atoms with E-state index in [0.717, 1.165) is 22.3 Å². The van der Waals surface area contributed by atoms with Crippen molar-refractivity contribution in [1.82, 2.24) is 0 Å². The number of hydrogen-bond donors (Lipinski definition) is 1. The summed E-state index contributed by atoms with van der Waals surface area (Å²) < 4.78 is 1.04. The Kier molecular flexibility index (Phi) is 4.43. The van der Waals surface area contributed by atoms with Crippen LogP contribution in [0.2, 0.25) is 0 Å². The molecular formula is C17H17IN2O. The summed E-state index contributed by atoms with van der Waals surface area (Å²) in [5.74, 6) is -0.0629. The van der Waals surface area contributed by atoms with E-state index < -0.39 is 0 Å². The van der Waals surface area contributed by atoms with Gasteiger partial charge in [-0.2, -0.15) is 0 Å². The topological polar surface area (TPSA) is 32.3 Å². The van der Waals surface area contributed by atoms with E-state index in [2.05, 4.69) is 32.8 Å². The fourth-order valence-electron chi connectivity index (χ4n) is 2.56. The second kappa shape index (κ2) is 6.47. The van der Waals surface area contributed by atoms with Gasteiger partial charge in [-0.1, -0.05) is 12.1 Å². The van der Waals surface area contributed by atoms with Gasteiger partial charge in [0, 0.05) is 27.9 Å². The molecule has 108 valence electrons. The molecule has 3 nitrogen and oxygen atoms in total. The minimum Gasteiger partial charge on any atom is -0.372 e. The highest BCUT2D eigenvalue weighted by molar-refractivity contribution is 14.1. The average molecular weight is 392 g/mol. The molecule has 1 aliphatic rings. The number of benzene rings is 2. The van der Waals surface area contributed by atoms with Crippen molar-refractivity contribution < 1.29 is 4.79 Å². The highest BCUT2D eigenvalue weighted by Crippen LogP contribution is 2.22. The van der Waals surface area contributed by atoms with Gasteiger partial charge in [0.05, 0.1) is 5.69 Å². The summed E-state index contributed by atoms with van der Waals surface area (Å²) in [5, 5.41) is 2.96. The van der Waals surface area contributed by atoms with Gasteiger partial charge in [-0.05, 0) is 71.8 Å². The second-order valence-corrected chi connectivity index (χ2v) is 6.34. The van der Waals surface area contributed by atoms with Gasteiger partial charge in [0.15, 0.2) is 0 Å². The van der Waals surface area contributed by atoms with E-state index >= 15 is 0 Å². The molecule has 0 aromatic heterocycles. The minimum absolute atomic E-state index is 0.0629. The summed E-state index contributed by atoms with van der Waals surface area (Å²) in [6.45, 7) is 2.24. The van der Waals surface area contributed by atoms with Gasteiger partial charge in [-0.25, -0.2) is 0 Å². The molecule has 0 radical (unpaired) electrons. The van der Waals surface area contributed by atoms with E-state index in [4.69, 9.17) is 0 Å². The molecule has 3 rings (SSSR count). The van der Waals surface area contributed by atoms with Gasteiger partial charge in [0.2, 0.25) is 0 Å². The Labute approximate surface area is 138 Å². The number of carbonyl (C=O) groups excluding carboxylic acids is 1. The molecule has 1 amide bonds. The Hall–Kier alpha value is -1.56. The SMILES string of the molecule is O=C(Nc1ccccc1I)c1ccc(N2CCCC2)cc1. The lowest BCUT2D eigenvalue weighted by atomic mass is 10.2. The zero-order valence-electron chi connectivity index (χ0n) is 11.7. The molecule has 0 unspecified atom stereocenters. The maximum Gasteiger partial charge on any atom is 0.255 e. The molecule has 0 aliphatic carbocycles. The van der Waals surface area contributed by atoms with Crippen LogP contribution >= 0.6 is 22.6 Å². The average Bonchev–Trinajstić information content (AvgIpc) is 3.04. The summed E-state index contributed by atoms with van der Waals surface area (Å²) in [7, 11) is 0. The number of hydrogen-bond acceptors (Lipinski definition) is 2. The molecule has 0 atom stereocenters. The van der Waals surface area contributed by atoms with E-state index in [1.165, 1.54) is 18.5 Å². The van der Waals surface area contributed by atoms with Crippen LogP contribution in [-0.2, 0) is 0 Å². The number of anilines is 2. The van der Waals surface area contributed by atoms with Crippen molar-refractivity contribution in [3.63, 3.8) is 0 Å².